The number of Topliss-reactive ketones (excluding diaryl/α,β-unsaturated/α-hetero) is 1. The van der Waals surface area contributed by atoms with Crippen molar-refractivity contribution in [1.82, 2.24) is 10.2 Å². The highest BCUT2D eigenvalue weighted by Crippen LogP contribution is 2.76. The first-order chi connectivity index (χ1) is 15.9. The molecule has 2 saturated heterocycles. The molecule has 1 saturated carbocycles. The molecular weight excluding hydrogens is 416 g/mol. The number of benzene rings is 2. The minimum absolute atomic E-state index is 0.00346. The lowest BCUT2D eigenvalue weighted by atomic mass is 9.50. The topological polar surface area (TPSA) is 78.9 Å². The number of phenolic OH excluding ortho intramolecular Hbond substituents is 1. The number of carbonyl (C=O) groups is 2. The van der Waals surface area contributed by atoms with Crippen molar-refractivity contribution in [2.24, 2.45) is 0 Å². The Kier molecular flexibility index (Phi) is 3.55. The van der Waals surface area contributed by atoms with Gasteiger partial charge >= 0.3 is 0 Å². The molecule has 6 nitrogen and oxygen atoms in total. The van der Waals surface area contributed by atoms with E-state index in [1.165, 1.54) is 5.56 Å². The number of phenols is 1. The lowest BCUT2D eigenvalue weighted by Crippen LogP contribution is -2.73. The van der Waals surface area contributed by atoms with Crippen LogP contribution in [-0.2, 0) is 23.1 Å². The standard InChI is InChI=1S/C27H28N2O4/c1-3-7-17-15(2)18-14-19-26(28-24(32)16-8-5-4-6-9-16)11-10-20(30)27-25(26,12-13-29(19)27)21(18)23(33-27)22(17)31/h4-6,8-9,19,31H,3,7,10-14H2,1-2H3,(H,28,32)/t19-,25-,26?,27-/m1/s1. The van der Waals surface area contributed by atoms with Crippen LogP contribution in [0.1, 0.15) is 65.2 Å². The van der Waals surface area contributed by atoms with Crippen LogP contribution >= 0.6 is 0 Å². The van der Waals surface area contributed by atoms with Crippen LogP contribution in [0, 0.1) is 6.92 Å². The second-order valence-corrected chi connectivity index (χ2v) is 10.4. The summed E-state index contributed by atoms with van der Waals surface area (Å²) in [6.07, 6.45) is 4.19. The zero-order valence-electron chi connectivity index (χ0n) is 19.0. The fourth-order valence-electron chi connectivity index (χ4n) is 8.33. The Bertz CT molecular complexity index is 1260. The van der Waals surface area contributed by atoms with Gasteiger partial charge in [0, 0.05) is 35.7 Å². The van der Waals surface area contributed by atoms with Crippen LogP contribution in [0.3, 0.4) is 0 Å². The number of ketones is 1. The SMILES string of the molecule is CCCc1c(C)c2c3c(c1O)O[C@@]14C(=O)CCC5(NC(=O)c6ccccc6)[C@@H](C2)N1CC[C@@]354. The molecule has 33 heavy (non-hydrogen) atoms. The van der Waals surface area contributed by atoms with E-state index in [0.717, 1.165) is 48.9 Å². The van der Waals surface area contributed by atoms with E-state index >= 15 is 0 Å². The van der Waals surface area contributed by atoms with Gasteiger partial charge in [-0.25, -0.2) is 0 Å². The van der Waals surface area contributed by atoms with Gasteiger partial charge in [0.05, 0.1) is 11.0 Å². The van der Waals surface area contributed by atoms with Gasteiger partial charge in [-0.2, -0.15) is 0 Å². The molecule has 2 N–H and O–H groups in total. The number of fused-ring (bicyclic) bond motifs is 1. The van der Waals surface area contributed by atoms with Crippen LogP contribution in [0.2, 0.25) is 0 Å². The van der Waals surface area contributed by atoms with Crippen molar-refractivity contribution >= 4 is 11.7 Å². The van der Waals surface area contributed by atoms with Crippen LogP contribution in [0.25, 0.3) is 0 Å². The first-order valence-electron chi connectivity index (χ1n) is 12.2. The zero-order chi connectivity index (χ0) is 22.8. The number of ether oxygens (including phenoxy) is 1. The van der Waals surface area contributed by atoms with Crippen molar-refractivity contribution in [1.29, 1.82) is 0 Å². The number of hydrogen-bond donors (Lipinski definition) is 2. The van der Waals surface area contributed by atoms with E-state index < -0.39 is 16.7 Å². The molecule has 5 bridgehead atoms. The molecule has 3 fully saturated rings. The Morgan fingerprint density at radius 3 is 2.82 bits per heavy atom. The van der Waals surface area contributed by atoms with Gasteiger partial charge in [-0.3, -0.25) is 14.5 Å². The smallest absolute Gasteiger partial charge is 0.251 e. The summed E-state index contributed by atoms with van der Waals surface area (Å²) in [6.45, 7) is 4.98. The normalized spacial score (nSPS) is 36.1. The number of rotatable bonds is 4. The summed E-state index contributed by atoms with van der Waals surface area (Å²) in [7, 11) is 0. The molecule has 7 rings (SSSR count). The molecule has 1 spiro atoms. The van der Waals surface area contributed by atoms with Gasteiger partial charge in [0.25, 0.3) is 5.91 Å². The Balaban J connectivity index is 1.49. The van der Waals surface area contributed by atoms with Crippen molar-refractivity contribution in [2.45, 2.75) is 75.1 Å². The van der Waals surface area contributed by atoms with Gasteiger partial charge < -0.3 is 15.2 Å². The number of carbonyl (C=O) groups excluding carboxylic acids is 2. The van der Waals surface area contributed by atoms with E-state index in [0.29, 0.717) is 24.2 Å². The molecule has 170 valence electrons. The highest BCUT2D eigenvalue weighted by Gasteiger charge is 2.89. The first-order valence-corrected chi connectivity index (χ1v) is 12.2. The Hall–Kier alpha value is -2.86. The maximum absolute atomic E-state index is 13.7. The van der Waals surface area contributed by atoms with Gasteiger partial charge in [0.2, 0.25) is 5.72 Å². The third-order valence-corrected chi connectivity index (χ3v) is 9.42. The summed E-state index contributed by atoms with van der Waals surface area (Å²) in [5.41, 5.74) is 2.56. The molecule has 2 aromatic rings. The Morgan fingerprint density at radius 1 is 1.27 bits per heavy atom. The lowest BCUT2D eigenvalue weighted by molar-refractivity contribution is -0.151. The maximum Gasteiger partial charge on any atom is 0.251 e. The molecule has 2 unspecified atom stereocenters. The van der Waals surface area contributed by atoms with E-state index in [9.17, 15) is 14.7 Å². The Labute approximate surface area is 192 Å². The number of aromatic hydroxyl groups is 1. The number of hydrogen-bond acceptors (Lipinski definition) is 5. The van der Waals surface area contributed by atoms with Gasteiger partial charge in [-0.1, -0.05) is 31.5 Å². The lowest BCUT2D eigenvalue weighted by Gasteiger charge is -2.55. The Morgan fingerprint density at radius 2 is 2.06 bits per heavy atom. The molecule has 5 aliphatic rings. The van der Waals surface area contributed by atoms with E-state index in [-0.39, 0.29) is 23.5 Å². The first kappa shape index (κ1) is 19.6. The van der Waals surface area contributed by atoms with Crippen LogP contribution in [0.15, 0.2) is 30.3 Å². The van der Waals surface area contributed by atoms with Gasteiger partial charge in [-0.05, 0) is 55.9 Å². The van der Waals surface area contributed by atoms with Crippen molar-refractivity contribution in [3.05, 3.63) is 58.1 Å². The quantitative estimate of drug-likeness (QED) is 0.758. The summed E-state index contributed by atoms with van der Waals surface area (Å²) in [4.78, 5) is 29.4. The number of amides is 1. The monoisotopic (exact) mass is 444 g/mol. The average Bonchev–Trinajstić information content (AvgIpc) is 3.31. The van der Waals surface area contributed by atoms with E-state index in [1.54, 1.807) is 0 Å². The number of piperidine rings is 1. The van der Waals surface area contributed by atoms with Gasteiger partial charge in [0.15, 0.2) is 17.3 Å². The minimum atomic E-state index is -1.11. The molecule has 2 aliphatic carbocycles. The molecule has 0 radical (unpaired) electrons. The van der Waals surface area contributed by atoms with Crippen molar-refractivity contribution in [3.8, 4) is 11.5 Å². The predicted molar refractivity (Wildman–Crippen MR) is 122 cm³/mol. The highest BCUT2D eigenvalue weighted by molar-refractivity contribution is 5.99. The molecule has 3 heterocycles. The van der Waals surface area contributed by atoms with Crippen molar-refractivity contribution in [3.63, 3.8) is 0 Å². The van der Waals surface area contributed by atoms with Crippen LogP contribution < -0.4 is 10.1 Å². The molecule has 2 aromatic carbocycles. The summed E-state index contributed by atoms with van der Waals surface area (Å²) in [5, 5.41) is 14.8. The third kappa shape index (κ3) is 1.84. The second kappa shape index (κ2) is 5.98. The fourth-order valence-corrected chi connectivity index (χ4v) is 8.33. The third-order valence-electron chi connectivity index (χ3n) is 9.42. The fraction of sp³-hybridized carbons (Fsp3) is 0.481. The molecular formula is C27H28N2O4. The number of nitrogens with one attached hydrogen (secondary N) is 1. The maximum atomic E-state index is 13.7. The average molecular weight is 445 g/mol. The van der Waals surface area contributed by atoms with Gasteiger partial charge in [-0.15, -0.1) is 0 Å². The summed E-state index contributed by atoms with van der Waals surface area (Å²) < 4.78 is 6.65. The van der Waals surface area contributed by atoms with Crippen LogP contribution in [0.4, 0.5) is 0 Å². The minimum Gasteiger partial charge on any atom is -0.504 e. The molecule has 3 aliphatic heterocycles. The second-order valence-electron chi connectivity index (χ2n) is 10.4. The highest BCUT2D eigenvalue weighted by atomic mass is 16.5. The van der Waals surface area contributed by atoms with E-state index in [4.69, 9.17) is 4.74 Å². The van der Waals surface area contributed by atoms with Crippen LogP contribution in [-0.4, -0.2) is 45.5 Å². The van der Waals surface area contributed by atoms with E-state index in [2.05, 4.69) is 24.1 Å². The predicted octanol–water partition coefficient (Wildman–Crippen LogP) is 3.16. The van der Waals surface area contributed by atoms with E-state index in [1.807, 2.05) is 30.3 Å². The zero-order valence-corrected chi connectivity index (χ0v) is 19.0. The molecule has 1 amide bonds. The van der Waals surface area contributed by atoms with Crippen molar-refractivity contribution in [2.75, 3.05) is 6.54 Å². The number of nitrogens with zero attached hydrogens (tertiary/aromatic N) is 1. The summed E-state index contributed by atoms with van der Waals surface area (Å²) in [6, 6.07) is 9.31. The van der Waals surface area contributed by atoms with Gasteiger partial charge in [0.1, 0.15) is 0 Å². The summed E-state index contributed by atoms with van der Waals surface area (Å²) >= 11 is 0. The molecule has 5 atom stereocenters. The molecule has 6 heteroatoms. The molecule has 0 aromatic heterocycles. The summed E-state index contributed by atoms with van der Waals surface area (Å²) in [5.74, 6) is 0.674. The van der Waals surface area contributed by atoms with Crippen LogP contribution in [0.5, 0.6) is 11.5 Å². The van der Waals surface area contributed by atoms with Crippen molar-refractivity contribution < 1.29 is 19.4 Å². The largest absolute Gasteiger partial charge is 0.504 e.